The lowest BCUT2D eigenvalue weighted by Crippen LogP contribution is -2.51. The summed E-state index contributed by atoms with van der Waals surface area (Å²) in [4.78, 5) is 33.6. The van der Waals surface area contributed by atoms with Crippen molar-refractivity contribution in [3.8, 4) is 0 Å². The van der Waals surface area contributed by atoms with Gasteiger partial charge in [-0.05, 0) is 12.8 Å². The minimum Gasteiger partial charge on any atom is -0.248 e. The van der Waals surface area contributed by atoms with Gasteiger partial charge in [0.05, 0.1) is 14.1 Å². The van der Waals surface area contributed by atoms with E-state index >= 15 is 0 Å². The molecule has 0 aromatic rings. The molecule has 0 saturated heterocycles. The molecule has 2 heterocycles. The molecular formula is C12H15N4O2+. The zero-order valence-corrected chi connectivity index (χ0v) is 10.5. The molecule has 2 aliphatic heterocycles. The summed E-state index contributed by atoms with van der Waals surface area (Å²) < 4.78 is 1.39. The quantitative estimate of drug-likeness (QED) is 0.639. The highest BCUT2D eigenvalue weighted by Crippen LogP contribution is 2.28. The third kappa shape index (κ3) is 1.45. The molecule has 3 aliphatic rings. The molecule has 0 bridgehead atoms. The third-order valence-electron chi connectivity index (χ3n) is 3.78. The minimum absolute atomic E-state index is 0.307. The first-order valence-electron chi connectivity index (χ1n) is 6.20. The smallest absolute Gasteiger partial charge is 0.248 e. The number of carbonyl (C=O) groups is 2. The Kier molecular flexibility index (Phi) is 2.39. The second-order valence-electron chi connectivity index (χ2n) is 4.94. The van der Waals surface area contributed by atoms with Gasteiger partial charge in [0.15, 0.2) is 0 Å². The van der Waals surface area contributed by atoms with Crippen molar-refractivity contribution in [3.63, 3.8) is 0 Å². The molecule has 6 heteroatoms. The first kappa shape index (κ1) is 11.3. The number of urea groups is 1. The number of nitrogens with zero attached hydrogens (tertiary/aromatic N) is 4. The standard InChI is InChI=1S/C12H15N4O2/c1-15-10-8(11(17)16(2)12(15)18)13-9(14-10)7-5-3-4-6-7/h7H,3-6H2,1-2H3/q+1. The van der Waals surface area contributed by atoms with Crippen LogP contribution in [0.5, 0.6) is 0 Å². The summed E-state index contributed by atoms with van der Waals surface area (Å²) in [5, 5.41) is 0. The number of carbonyl (C=O) groups excluding carboxylic acids is 2. The van der Waals surface area contributed by atoms with Crippen LogP contribution in [0.1, 0.15) is 25.7 Å². The minimum atomic E-state index is -0.357. The van der Waals surface area contributed by atoms with E-state index in [0.29, 0.717) is 17.5 Å². The van der Waals surface area contributed by atoms with Gasteiger partial charge >= 0.3 is 17.8 Å². The van der Waals surface area contributed by atoms with E-state index in [-0.39, 0.29) is 11.9 Å². The van der Waals surface area contributed by atoms with Crippen LogP contribution in [0.2, 0.25) is 0 Å². The van der Waals surface area contributed by atoms with Crippen LogP contribution < -0.4 is 0 Å². The van der Waals surface area contributed by atoms with E-state index in [1.807, 2.05) is 0 Å². The Morgan fingerprint density at radius 3 is 2.56 bits per heavy atom. The SMILES string of the molecule is CN1C(=O)C2=NC(C3CCCC3)=NC2=[N+](C)C1=O. The molecule has 18 heavy (non-hydrogen) atoms. The molecule has 94 valence electrons. The summed E-state index contributed by atoms with van der Waals surface area (Å²) in [6, 6.07) is -0.356. The Morgan fingerprint density at radius 1 is 1.22 bits per heavy atom. The van der Waals surface area contributed by atoms with Crippen molar-refractivity contribution >= 4 is 29.3 Å². The molecule has 6 nitrogen and oxygen atoms in total. The Bertz CT molecular complexity index is 538. The van der Waals surface area contributed by atoms with Crippen LogP contribution in [0.15, 0.2) is 9.98 Å². The first-order valence-corrected chi connectivity index (χ1v) is 6.20. The van der Waals surface area contributed by atoms with Crippen molar-refractivity contribution in [2.75, 3.05) is 14.1 Å². The second kappa shape index (κ2) is 3.83. The van der Waals surface area contributed by atoms with Crippen LogP contribution in [0.3, 0.4) is 0 Å². The van der Waals surface area contributed by atoms with Gasteiger partial charge in [0, 0.05) is 5.92 Å². The van der Waals surface area contributed by atoms with Crippen LogP contribution in [0.25, 0.3) is 0 Å². The summed E-state index contributed by atoms with van der Waals surface area (Å²) in [7, 11) is 3.09. The average Bonchev–Trinajstić information content (AvgIpc) is 3.01. The van der Waals surface area contributed by atoms with Gasteiger partial charge in [0.25, 0.3) is 0 Å². The number of fused-ring (bicyclic) bond motifs is 1. The van der Waals surface area contributed by atoms with Crippen molar-refractivity contribution in [1.82, 2.24) is 4.90 Å². The van der Waals surface area contributed by atoms with Gasteiger partial charge in [-0.1, -0.05) is 17.8 Å². The van der Waals surface area contributed by atoms with E-state index in [9.17, 15) is 9.59 Å². The molecule has 1 aliphatic carbocycles. The highest BCUT2D eigenvalue weighted by molar-refractivity contribution is 6.70. The molecule has 1 saturated carbocycles. The first-order chi connectivity index (χ1) is 8.59. The maximum atomic E-state index is 12.0. The van der Waals surface area contributed by atoms with Gasteiger partial charge in [-0.15, -0.1) is 0 Å². The van der Waals surface area contributed by atoms with E-state index in [4.69, 9.17) is 0 Å². The summed E-state index contributed by atoms with van der Waals surface area (Å²) in [6.45, 7) is 0. The van der Waals surface area contributed by atoms with Gasteiger partial charge in [-0.2, -0.15) is 9.48 Å². The maximum Gasteiger partial charge on any atom is 0.446 e. The fourth-order valence-corrected chi connectivity index (χ4v) is 2.66. The van der Waals surface area contributed by atoms with Crippen LogP contribution in [-0.2, 0) is 4.79 Å². The van der Waals surface area contributed by atoms with E-state index in [2.05, 4.69) is 9.98 Å². The van der Waals surface area contributed by atoms with E-state index in [1.165, 1.54) is 24.5 Å². The lowest BCUT2D eigenvalue weighted by Gasteiger charge is -2.15. The summed E-state index contributed by atoms with van der Waals surface area (Å²) in [5.41, 5.74) is 0.307. The molecule has 1 fully saturated rings. The Morgan fingerprint density at radius 2 is 1.89 bits per heavy atom. The Balaban J connectivity index is 2.04. The molecule has 0 aromatic carbocycles. The van der Waals surface area contributed by atoms with Crippen molar-refractivity contribution in [3.05, 3.63) is 0 Å². The second-order valence-corrected chi connectivity index (χ2v) is 4.94. The van der Waals surface area contributed by atoms with Crippen LogP contribution in [0, 0.1) is 5.92 Å². The maximum absolute atomic E-state index is 12.0. The monoisotopic (exact) mass is 247 g/mol. The van der Waals surface area contributed by atoms with Gasteiger partial charge in [-0.3, -0.25) is 0 Å². The summed E-state index contributed by atoms with van der Waals surface area (Å²) in [5.74, 6) is 1.12. The number of imide groups is 1. The van der Waals surface area contributed by atoms with E-state index < -0.39 is 0 Å². The average molecular weight is 247 g/mol. The number of rotatable bonds is 1. The summed E-state index contributed by atoms with van der Waals surface area (Å²) >= 11 is 0. The zero-order chi connectivity index (χ0) is 12.9. The lowest BCUT2D eigenvalue weighted by atomic mass is 10.1. The molecule has 0 aromatic heterocycles. The van der Waals surface area contributed by atoms with Gasteiger partial charge in [0.2, 0.25) is 11.5 Å². The predicted molar refractivity (Wildman–Crippen MR) is 66.2 cm³/mol. The van der Waals surface area contributed by atoms with Crippen molar-refractivity contribution < 1.29 is 14.2 Å². The zero-order valence-electron chi connectivity index (χ0n) is 10.5. The number of amidine groups is 2. The third-order valence-corrected chi connectivity index (χ3v) is 3.78. The molecule has 0 N–H and O–H groups in total. The fraction of sp³-hybridized carbons (Fsp3) is 0.583. The largest absolute Gasteiger partial charge is 0.446 e. The van der Waals surface area contributed by atoms with Crippen LogP contribution >= 0.6 is 0 Å². The van der Waals surface area contributed by atoms with E-state index in [1.54, 1.807) is 7.05 Å². The molecule has 0 spiro atoms. The van der Waals surface area contributed by atoms with Crippen LogP contribution in [0.4, 0.5) is 4.79 Å². The van der Waals surface area contributed by atoms with Crippen molar-refractivity contribution in [2.45, 2.75) is 25.7 Å². The van der Waals surface area contributed by atoms with Crippen molar-refractivity contribution in [2.24, 2.45) is 15.9 Å². The van der Waals surface area contributed by atoms with Gasteiger partial charge < -0.3 is 0 Å². The molecule has 0 atom stereocenters. The number of aliphatic imine (C=N–C) groups is 2. The molecule has 3 amide bonds. The Labute approximate surface area is 105 Å². The van der Waals surface area contributed by atoms with Gasteiger partial charge in [0.1, 0.15) is 0 Å². The predicted octanol–water partition coefficient (Wildman–Crippen LogP) is 0.662. The van der Waals surface area contributed by atoms with Crippen molar-refractivity contribution in [1.29, 1.82) is 0 Å². The molecule has 0 unspecified atom stereocenters. The number of amides is 3. The topological polar surface area (TPSA) is 65.1 Å². The highest BCUT2D eigenvalue weighted by Gasteiger charge is 2.45. The van der Waals surface area contributed by atoms with E-state index in [0.717, 1.165) is 23.6 Å². The van der Waals surface area contributed by atoms with Crippen LogP contribution in [-0.4, -0.2) is 52.9 Å². The normalized spacial score (nSPS) is 24.7. The van der Waals surface area contributed by atoms with Gasteiger partial charge in [-0.25, -0.2) is 14.6 Å². The highest BCUT2D eigenvalue weighted by atomic mass is 16.2. The number of hydrogen-bond acceptors (Lipinski definition) is 4. The molecule has 3 rings (SSSR count). The summed E-state index contributed by atoms with van der Waals surface area (Å²) in [6.07, 6.45) is 4.52. The Hall–Kier alpha value is -1.85. The number of hydrogen-bond donors (Lipinski definition) is 0. The molecular weight excluding hydrogens is 232 g/mol. The lowest BCUT2D eigenvalue weighted by molar-refractivity contribution is -0.401. The molecule has 0 radical (unpaired) electrons. The fourth-order valence-electron chi connectivity index (χ4n) is 2.66.